The number of ether oxygens (including phenoxy) is 1. The Kier molecular flexibility index (Phi) is 2.51. The van der Waals surface area contributed by atoms with Crippen molar-refractivity contribution in [3.05, 3.63) is 10.9 Å². The lowest BCUT2D eigenvalue weighted by Gasteiger charge is -2.10. The van der Waals surface area contributed by atoms with Crippen molar-refractivity contribution in [1.29, 1.82) is 0 Å². The Balaban J connectivity index is 2.15. The lowest BCUT2D eigenvalue weighted by Crippen LogP contribution is -2.09. The maximum Gasteiger partial charge on any atom is 0.225 e. The van der Waals surface area contributed by atoms with Gasteiger partial charge >= 0.3 is 0 Å². The van der Waals surface area contributed by atoms with E-state index in [4.69, 9.17) is 4.74 Å². The Morgan fingerprint density at radius 1 is 1.62 bits per heavy atom. The van der Waals surface area contributed by atoms with Crippen LogP contribution in [0.5, 0.6) is 5.88 Å². The first-order valence-corrected chi connectivity index (χ1v) is 5.27. The Morgan fingerprint density at radius 3 is 3.00 bits per heavy atom. The molecule has 0 aromatic carbocycles. The van der Waals surface area contributed by atoms with Crippen molar-refractivity contribution in [1.82, 2.24) is 4.37 Å². The molecule has 1 aromatic rings. The van der Waals surface area contributed by atoms with Crippen LogP contribution in [0.3, 0.4) is 0 Å². The molecule has 2 unspecified atom stereocenters. The molecule has 4 heteroatoms. The average Bonchev–Trinajstić information content (AvgIpc) is 2.71. The van der Waals surface area contributed by atoms with Crippen LogP contribution >= 0.6 is 11.5 Å². The monoisotopic (exact) mass is 199 g/mol. The molecule has 0 spiro atoms. The van der Waals surface area contributed by atoms with Crippen LogP contribution in [0.15, 0.2) is 6.07 Å². The number of hydrogen-bond acceptors (Lipinski definition) is 4. The molecule has 13 heavy (non-hydrogen) atoms. The van der Waals surface area contributed by atoms with E-state index >= 15 is 0 Å². The number of aliphatic hydroxyl groups is 1. The topological polar surface area (TPSA) is 42.4 Å². The molecule has 1 saturated carbocycles. The molecule has 72 valence electrons. The summed E-state index contributed by atoms with van der Waals surface area (Å²) in [5, 5.41) is 9.66. The van der Waals surface area contributed by atoms with Crippen LogP contribution < -0.4 is 4.74 Å². The molecule has 2 rings (SSSR count). The Labute approximate surface area is 81.5 Å². The maximum absolute atomic E-state index is 9.66. The number of rotatable bonds is 2. The molecule has 0 amide bonds. The summed E-state index contributed by atoms with van der Waals surface area (Å²) in [5.74, 6) is 0.959. The number of nitrogens with zero attached hydrogens (tertiary/aromatic N) is 1. The second-order valence-electron chi connectivity index (χ2n) is 3.38. The van der Waals surface area contributed by atoms with Gasteiger partial charge in [0.1, 0.15) is 0 Å². The van der Waals surface area contributed by atoms with Crippen molar-refractivity contribution < 1.29 is 9.84 Å². The molecule has 1 heterocycles. The van der Waals surface area contributed by atoms with E-state index in [1.807, 2.05) is 6.07 Å². The minimum absolute atomic E-state index is 0.176. The summed E-state index contributed by atoms with van der Waals surface area (Å²) in [6.45, 7) is 0. The fraction of sp³-hybridized carbons (Fsp3) is 0.667. The highest BCUT2D eigenvalue weighted by Crippen LogP contribution is 2.37. The predicted molar refractivity (Wildman–Crippen MR) is 51.3 cm³/mol. The molecule has 1 fully saturated rings. The summed E-state index contributed by atoms with van der Waals surface area (Å²) in [6, 6.07) is 1.93. The summed E-state index contributed by atoms with van der Waals surface area (Å²) in [6.07, 6.45) is 2.94. The van der Waals surface area contributed by atoms with Crippen molar-refractivity contribution in [3.63, 3.8) is 0 Å². The first-order chi connectivity index (χ1) is 6.31. The summed E-state index contributed by atoms with van der Waals surface area (Å²) in [4.78, 5) is 1.15. The smallest absolute Gasteiger partial charge is 0.225 e. The molecule has 1 aliphatic rings. The van der Waals surface area contributed by atoms with Crippen molar-refractivity contribution in [2.45, 2.75) is 31.3 Å². The fourth-order valence-corrected chi connectivity index (χ4v) is 2.70. The molecular weight excluding hydrogens is 186 g/mol. The van der Waals surface area contributed by atoms with E-state index in [2.05, 4.69) is 4.37 Å². The SMILES string of the molecule is COc1cc(C2CCCC2O)sn1. The van der Waals surface area contributed by atoms with Gasteiger partial charge in [0.2, 0.25) is 5.88 Å². The minimum Gasteiger partial charge on any atom is -0.480 e. The van der Waals surface area contributed by atoms with Crippen LogP contribution in [-0.4, -0.2) is 22.7 Å². The van der Waals surface area contributed by atoms with Gasteiger partial charge in [0.25, 0.3) is 0 Å². The normalized spacial score (nSPS) is 27.8. The molecule has 3 nitrogen and oxygen atoms in total. The molecule has 0 bridgehead atoms. The van der Waals surface area contributed by atoms with Crippen LogP contribution in [0.4, 0.5) is 0 Å². The summed E-state index contributed by atoms with van der Waals surface area (Å²) >= 11 is 1.44. The molecule has 2 atom stereocenters. The minimum atomic E-state index is -0.176. The molecule has 0 aliphatic heterocycles. The van der Waals surface area contributed by atoms with Crippen molar-refractivity contribution in [2.75, 3.05) is 7.11 Å². The van der Waals surface area contributed by atoms with Crippen LogP contribution in [0.25, 0.3) is 0 Å². The third-order valence-electron chi connectivity index (χ3n) is 2.56. The van der Waals surface area contributed by atoms with E-state index in [0.29, 0.717) is 11.8 Å². The Hall–Kier alpha value is -0.610. The highest BCUT2D eigenvalue weighted by molar-refractivity contribution is 7.06. The van der Waals surface area contributed by atoms with E-state index < -0.39 is 0 Å². The lowest BCUT2D eigenvalue weighted by atomic mass is 10.0. The number of aromatic nitrogens is 1. The third kappa shape index (κ3) is 1.69. The van der Waals surface area contributed by atoms with Crippen molar-refractivity contribution in [2.24, 2.45) is 0 Å². The quantitative estimate of drug-likeness (QED) is 0.789. The lowest BCUT2D eigenvalue weighted by molar-refractivity contribution is 0.165. The highest BCUT2D eigenvalue weighted by Gasteiger charge is 2.28. The zero-order chi connectivity index (χ0) is 9.26. The molecule has 1 aromatic heterocycles. The largest absolute Gasteiger partial charge is 0.480 e. The summed E-state index contributed by atoms with van der Waals surface area (Å²) in [7, 11) is 1.61. The zero-order valence-electron chi connectivity index (χ0n) is 7.56. The van der Waals surface area contributed by atoms with Gasteiger partial charge in [0.05, 0.1) is 13.2 Å². The van der Waals surface area contributed by atoms with Gasteiger partial charge in [-0.1, -0.05) is 6.42 Å². The van der Waals surface area contributed by atoms with Gasteiger partial charge in [-0.05, 0) is 24.4 Å². The van der Waals surface area contributed by atoms with Crippen LogP contribution in [0, 0.1) is 0 Å². The number of aliphatic hydroxyl groups excluding tert-OH is 1. The Bertz CT molecular complexity index is 287. The van der Waals surface area contributed by atoms with Gasteiger partial charge in [0, 0.05) is 16.9 Å². The van der Waals surface area contributed by atoms with Crippen molar-refractivity contribution in [3.8, 4) is 5.88 Å². The Morgan fingerprint density at radius 2 is 2.46 bits per heavy atom. The van der Waals surface area contributed by atoms with Gasteiger partial charge in [0.15, 0.2) is 0 Å². The van der Waals surface area contributed by atoms with E-state index in [9.17, 15) is 5.11 Å². The second-order valence-corrected chi connectivity index (χ2v) is 4.21. The van der Waals surface area contributed by atoms with E-state index in [0.717, 1.165) is 24.1 Å². The fourth-order valence-electron chi connectivity index (χ4n) is 1.82. The zero-order valence-corrected chi connectivity index (χ0v) is 8.38. The third-order valence-corrected chi connectivity index (χ3v) is 3.46. The van der Waals surface area contributed by atoms with Gasteiger partial charge in [-0.25, -0.2) is 0 Å². The number of hydrogen-bond donors (Lipinski definition) is 1. The second kappa shape index (κ2) is 3.64. The number of methoxy groups -OCH3 is 1. The molecular formula is C9H13NO2S. The molecule has 0 radical (unpaired) electrons. The van der Waals surface area contributed by atoms with Gasteiger partial charge in [-0.3, -0.25) is 0 Å². The van der Waals surface area contributed by atoms with Crippen LogP contribution in [0.1, 0.15) is 30.1 Å². The van der Waals surface area contributed by atoms with Crippen LogP contribution in [-0.2, 0) is 0 Å². The summed E-state index contributed by atoms with van der Waals surface area (Å²) < 4.78 is 9.13. The maximum atomic E-state index is 9.66. The molecule has 1 N–H and O–H groups in total. The van der Waals surface area contributed by atoms with Crippen LogP contribution in [0.2, 0.25) is 0 Å². The average molecular weight is 199 g/mol. The molecule has 1 aliphatic carbocycles. The highest BCUT2D eigenvalue weighted by atomic mass is 32.1. The van der Waals surface area contributed by atoms with Gasteiger partial charge in [-0.15, -0.1) is 0 Å². The van der Waals surface area contributed by atoms with E-state index in [-0.39, 0.29) is 6.10 Å². The first-order valence-electron chi connectivity index (χ1n) is 4.50. The summed E-state index contributed by atoms with van der Waals surface area (Å²) in [5.41, 5.74) is 0. The first kappa shape index (κ1) is 8.97. The standard InChI is InChI=1S/C9H13NO2S/c1-12-9-5-8(13-10-9)6-3-2-4-7(6)11/h5-7,11H,2-4H2,1H3. The van der Waals surface area contributed by atoms with Gasteiger partial charge < -0.3 is 9.84 Å². The van der Waals surface area contributed by atoms with Gasteiger partial charge in [-0.2, -0.15) is 4.37 Å². The van der Waals surface area contributed by atoms with E-state index in [1.54, 1.807) is 7.11 Å². The van der Waals surface area contributed by atoms with E-state index in [1.165, 1.54) is 11.5 Å². The van der Waals surface area contributed by atoms with Crippen molar-refractivity contribution >= 4 is 11.5 Å². The molecule has 0 saturated heterocycles. The predicted octanol–water partition coefficient (Wildman–Crippen LogP) is 1.78.